The molecule has 1 amide bonds. The van der Waals surface area contributed by atoms with Gasteiger partial charge in [0.2, 0.25) is 0 Å². The zero-order valence-electron chi connectivity index (χ0n) is 11.9. The fraction of sp³-hybridized carbons (Fsp3) is 0.562. The topological polar surface area (TPSA) is 69.6 Å². The molecule has 0 aromatic heterocycles. The fourth-order valence-corrected chi connectivity index (χ4v) is 2.76. The molecule has 3 N–H and O–H groups in total. The molecule has 1 aromatic rings. The van der Waals surface area contributed by atoms with Crippen LogP contribution in [0.1, 0.15) is 44.3 Å². The third kappa shape index (κ3) is 3.38. The van der Waals surface area contributed by atoms with Crippen LogP contribution in [0.25, 0.3) is 0 Å². The van der Waals surface area contributed by atoms with Crippen molar-refractivity contribution in [3.8, 4) is 0 Å². The highest BCUT2D eigenvalue weighted by Crippen LogP contribution is 2.35. The lowest BCUT2D eigenvalue weighted by molar-refractivity contribution is -0.130. The molecule has 0 saturated heterocycles. The molecule has 1 aliphatic rings. The molecule has 0 heterocycles. The molecule has 20 heavy (non-hydrogen) atoms. The quantitative estimate of drug-likeness (QED) is 0.785. The van der Waals surface area contributed by atoms with Gasteiger partial charge >= 0.3 is 0 Å². The number of carbonyl (C=O) groups excluding carboxylic acids is 1. The molecule has 4 heteroatoms. The van der Waals surface area contributed by atoms with E-state index < -0.39 is 12.0 Å². The second-order valence-corrected chi connectivity index (χ2v) is 5.95. The maximum Gasteiger partial charge on any atom is 0.253 e. The minimum absolute atomic E-state index is 0.287. The molecule has 1 aliphatic carbocycles. The van der Waals surface area contributed by atoms with Crippen LogP contribution in [0, 0.1) is 5.41 Å². The first-order chi connectivity index (χ1) is 9.53. The molecule has 4 nitrogen and oxygen atoms in total. The summed E-state index contributed by atoms with van der Waals surface area (Å²) in [7, 11) is 0. The van der Waals surface area contributed by atoms with Gasteiger partial charge < -0.3 is 15.5 Å². The van der Waals surface area contributed by atoms with Crippen LogP contribution in [-0.2, 0) is 4.79 Å². The summed E-state index contributed by atoms with van der Waals surface area (Å²) >= 11 is 0. The van der Waals surface area contributed by atoms with E-state index in [1.165, 1.54) is 0 Å². The Labute approximate surface area is 119 Å². The average Bonchev–Trinajstić information content (AvgIpc) is 2.48. The summed E-state index contributed by atoms with van der Waals surface area (Å²) < 4.78 is 0. The van der Waals surface area contributed by atoms with Gasteiger partial charge in [-0.2, -0.15) is 0 Å². The molecule has 0 bridgehead atoms. The van der Waals surface area contributed by atoms with Crippen LogP contribution in [-0.4, -0.2) is 28.8 Å². The first-order valence-corrected chi connectivity index (χ1v) is 7.22. The van der Waals surface area contributed by atoms with Gasteiger partial charge in [0.1, 0.15) is 0 Å². The van der Waals surface area contributed by atoms with Crippen LogP contribution < -0.4 is 5.32 Å². The summed E-state index contributed by atoms with van der Waals surface area (Å²) in [6.45, 7) is 2.39. The predicted octanol–water partition coefficient (Wildman–Crippen LogP) is 1.78. The van der Waals surface area contributed by atoms with E-state index in [1.54, 1.807) is 24.3 Å². The molecule has 1 saturated carbocycles. The van der Waals surface area contributed by atoms with Crippen molar-refractivity contribution in [3.05, 3.63) is 35.9 Å². The second-order valence-electron chi connectivity index (χ2n) is 5.95. The van der Waals surface area contributed by atoms with Crippen molar-refractivity contribution in [1.29, 1.82) is 0 Å². The molecule has 0 spiro atoms. The summed E-state index contributed by atoms with van der Waals surface area (Å²) in [5.41, 5.74) is 0.295. The summed E-state index contributed by atoms with van der Waals surface area (Å²) in [6, 6.07) is 8.87. The van der Waals surface area contributed by atoms with Crippen LogP contribution in [0.5, 0.6) is 0 Å². The molecule has 1 aromatic carbocycles. The number of carbonyl (C=O) groups is 1. The van der Waals surface area contributed by atoms with Gasteiger partial charge in [-0.3, -0.25) is 4.79 Å². The smallest absolute Gasteiger partial charge is 0.253 e. The van der Waals surface area contributed by atoms with Crippen LogP contribution in [0.3, 0.4) is 0 Å². The lowest BCUT2D eigenvalue weighted by atomic mass is 9.73. The number of nitrogens with one attached hydrogen (secondary N) is 1. The van der Waals surface area contributed by atoms with Crippen molar-refractivity contribution in [2.24, 2.45) is 5.41 Å². The minimum Gasteiger partial charge on any atom is -0.392 e. The standard InChI is InChI=1S/C16H23NO3/c1-16(10-6-5-9-13(16)18)11-17-15(20)14(19)12-7-3-2-4-8-12/h2-4,7-8,13-14,18-19H,5-6,9-11H2,1H3,(H,17,20)/t13?,14-,16?/m0/s1. The monoisotopic (exact) mass is 277 g/mol. The van der Waals surface area contributed by atoms with E-state index in [4.69, 9.17) is 0 Å². The Morgan fingerprint density at radius 1 is 1.40 bits per heavy atom. The largest absolute Gasteiger partial charge is 0.392 e. The predicted molar refractivity (Wildman–Crippen MR) is 77.0 cm³/mol. The maximum atomic E-state index is 12.0. The molecular formula is C16H23NO3. The van der Waals surface area contributed by atoms with E-state index in [0.717, 1.165) is 25.7 Å². The summed E-state index contributed by atoms with van der Waals surface area (Å²) in [5, 5.41) is 22.8. The van der Waals surface area contributed by atoms with Crippen LogP contribution in [0.2, 0.25) is 0 Å². The molecule has 1 fully saturated rings. The van der Waals surface area contributed by atoms with Crippen molar-refractivity contribution < 1.29 is 15.0 Å². The van der Waals surface area contributed by atoms with E-state index in [0.29, 0.717) is 12.1 Å². The van der Waals surface area contributed by atoms with Crippen molar-refractivity contribution >= 4 is 5.91 Å². The number of aliphatic hydroxyl groups excluding tert-OH is 2. The Kier molecular flexibility index (Phi) is 4.78. The van der Waals surface area contributed by atoms with Crippen LogP contribution in [0.4, 0.5) is 0 Å². The SMILES string of the molecule is CC1(CNC(=O)[C@@H](O)c2ccccc2)CCCCC1O. The molecule has 0 radical (unpaired) electrons. The Morgan fingerprint density at radius 3 is 2.75 bits per heavy atom. The highest BCUT2D eigenvalue weighted by atomic mass is 16.3. The molecule has 110 valence electrons. The molecule has 3 atom stereocenters. The normalized spacial score (nSPS) is 27.9. The van der Waals surface area contributed by atoms with Crippen molar-refractivity contribution in [2.45, 2.75) is 44.8 Å². The van der Waals surface area contributed by atoms with Gasteiger partial charge in [0, 0.05) is 12.0 Å². The highest BCUT2D eigenvalue weighted by Gasteiger charge is 2.36. The Bertz CT molecular complexity index is 448. The maximum absolute atomic E-state index is 12.0. The van der Waals surface area contributed by atoms with E-state index in [-0.39, 0.29) is 11.5 Å². The van der Waals surface area contributed by atoms with E-state index in [1.807, 2.05) is 13.0 Å². The zero-order valence-corrected chi connectivity index (χ0v) is 11.9. The van der Waals surface area contributed by atoms with Gasteiger partial charge in [0.25, 0.3) is 5.91 Å². The third-order valence-corrected chi connectivity index (χ3v) is 4.31. The molecule has 2 rings (SSSR count). The van der Waals surface area contributed by atoms with Gasteiger partial charge in [-0.05, 0) is 18.4 Å². The zero-order chi connectivity index (χ0) is 14.6. The van der Waals surface area contributed by atoms with Gasteiger partial charge in [0.05, 0.1) is 6.10 Å². The van der Waals surface area contributed by atoms with Crippen molar-refractivity contribution in [3.63, 3.8) is 0 Å². The number of amides is 1. The van der Waals surface area contributed by atoms with Gasteiger partial charge in [-0.15, -0.1) is 0 Å². The van der Waals surface area contributed by atoms with E-state index >= 15 is 0 Å². The van der Waals surface area contributed by atoms with Crippen molar-refractivity contribution in [2.75, 3.05) is 6.54 Å². The van der Waals surface area contributed by atoms with E-state index in [9.17, 15) is 15.0 Å². The highest BCUT2D eigenvalue weighted by molar-refractivity contribution is 5.81. The number of rotatable bonds is 4. The van der Waals surface area contributed by atoms with Crippen LogP contribution in [0.15, 0.2) is 30.3 Å². The summed E-state index contributed by atoms with van der Waals surface area (Å²) in [4.78, 5) is 12.0. The number of hydrogen-bond acceptors (Lipinski definition) is 3. The number of hydrogen-bond donors (Lipinski definition) is 3. The number of aliphatic hydroxyl groups is 2. The Balaban J connectivity index is 1.92. The molecule has 0 aliphatic heterocycles. The second kappa shape index (κ2) is 6.37. The minimum atomic E-state index is -1.15. The average molecular weight is 277 g/mol. The van der Waals surface area contributed by atoms with Gasteiger partial charge in [0.15, 0.2) is 6.10 Å². The summed E-state index contributed by atoms with van der Waals surface area (Å²) in [5.74, 6) is -0.407. The fourth-order valence-electron chi connectivity index (χ4n) is 2.76. The molecule has 2 unspecified atom stereocenters. The Morgan fingerprint density at radius 2 is 2.10 bits per heavy atom. The molecular weight excluding hydrogens is 254 g/mol. The lowest BCUT2D eigenvalue weighted by Gasteiger charge is -2.38. The van der Waals surface area contributed by atoms with Gasteiger partial charge in [-0.1, -0.05) is 50.1 Å². The van der Waals surface area contributed by atoms with Crippen LogP contribution >= 0.6 is 0 Å². The number of benzene rings is 1. The summed E-state index contributed by atoms with van der Waals surface area (Å²) in [6.07, 6.45) is 2.26. The van der Waals surface area contributed by atoms with Gasteiger partial charge in [-0.25, -0.2) is 0 Å². The lowest BCUT2D eigenvalue weighted by Crippen LogP contribution is -2.46. The Hall–Kier alpha value is -1.39. The first-order valence-electron chi connectivity index (χ1n) is 7.22. The third-order valence-electron chi connectivity index (χ3n) is 4.31. The van der Waals surface area contributed by atoms with Crippen molar-refractivity contribution in [1.82, 2.24) is 5.32 Å². The van der Waals surface area contributed by atoms with E-state index in [2.05, 4.69) is 5.32 Å². The first kappa shape index (κ1) is 15.0.